The highest BCUT2D eigenvalue weighted by atomic mass is 16.3. The molecule has 5 heteroatoms. The van der Waals surface area contributed by atoms with Crippen molar-refractivity contribution < 1.29 is 4.42 Å². The van der Waals surface area contributed by atoms with E-state index in [4.69, 9.17) is 15.1 Å². The Morgan fingerprint density at radius 3 is 2.57 bits per heavy atom. The van der Waals surface area contributed by atoms with Crippen LogP contribution in [-0.4, -0.2) is 12.5 Å². The Morgan fingerprint density at radius 2 is 1.78 bits per heavy atom. The molecule has 0 amide bonds. The van der Waals surface area contributed by atoms with Crippen LogP contribution in [0.3, 0.4) is 0 Å². The summed E-state index contributed by atoms with van der Waals surface area (Å²) in [5, 5.41) is 3.27. The molecular weight excluding hydrogens is 288 g/mol. The number of hydrogen-bond acceptors (Lipinski definition) is 4. The van der Waals surface area contributed by atoms with Crippen LogP contribution in [0.15, 0.2) is 76.3 Å². The molecule has 1 aliphatic rings. The number of rotatable bonds is 2. The molecule has 2 heterocycles. The fourth-order valence-corrected chi connectivity index (χ4v) is 2.61. The second-order valence-electron chi connectivity index (χ2n) is 5.29. The molecule has 1 aliphatic heterocycles. The third-order valence-corrected chi connectivity index (χ3v) is 3.76. The van der Waals surface area contributed by atoms with Crippen LogP contribution in [0.2, 0.25) is 0 Å². The van der Waals surface area contributed by atoms with Crippen molar-refractivity contribution >= 4 is 28.8 Å². The van der Waals surface area contributed by atoms with E-state index >= 15 is 0 Å². The van der Waals surface area contributed by atoms with Crippen molar-refractivity contribution in [3.05, 3.63) is 72.5 Å². The number of aliphatic imine (C=N–C) groups is 1. The molecule has 3 aromatic rings. The van der Waals surface area contributed by atoms with Gasteiger partial charge in [0.1, 0.15) is 5.84 Å². The first-order valence-electron chi connectivity index (χ1n) is 7.40. The lowest BCUT2D eigenvalue weighted by atomic mass is 10.2. The molecule has 3 N–H and O–H groups in total. The molecule has 114 valence electrons. The highest BCUT2D eigenvalue weighted by molar-refractivity contribution is 6.15. The second-order valence-corrected chi connectivity index (χ2v) is 5.29. The monoisotopic (exact) mass is 304 g/mol. The minimum Gasteiger partial charge on any atom is -0.448 e. The lowest BCUT2D eigenvalue weighted by Crippen LogP contribution is -2.40. The summed E-state index contributed by atoms with van der Waals surface area (Å²) in [7, 11) is 0. The summed E-state index contributed by atoms with van der Waals surface area (Å²) in [6.07, 6.45) is 1.67. The molecule has 0 bridgehead atoms. The maximum atomic E-state index is 5.80. The van der Waals surface area contributed by atoms with Gasteiger partial charge in [0, 0.05) is 11.4 Å². The number of para-hydroxylation sites is 1. The second kappa shape index (κ2) is 5.53. The highest BCUT2D eigenvalue weighted by Crippen LogP contribution is 2.29. The van der Waals surface area contributed by atoms with Gasteiger partial charge in [-0.1, -0.05) is 18.2 Å². The maximum Gasteiger partial charge on any atom is 0.205 e. The van der Waals surface area contributed by atoms with Gasteiger partial charge < -0.3 is 20.4 Å². The first-order chi connectivity index (χ1) is 11.3. The lowest BCUT2D eigenvalue weighted by Gasteiger charge is -2.30. The Morgan fingerprint density at radius 1 is 1.00 bits per heavy atom. The van der Waals surface area contributed by atoms with Crippen LogP contribution < -0.4 is 16.0 Å². The highest BCUT2D eigenvalue weighted by Gasteiger charge is 2.25. The summed E-state index contributed by atoms with van der Waals surface area (Å²) < 4.78 is 5.49. The van der Waals surface area contributed by atoms with Crippen molar-refractivity contribution in [3.63, 3.8) is 0 Å². The number of anilines is 3. The van der Waals surface area contributed by atoms with Gasteiger partial charge in [-0.2, -0.15) is 0 Å². The zero-order valence-electron chi connectivity index (χ0n) is 12.4. The number of amidine groups is 1. The average Bonchev–Trinajstić information content (AvgIpc) is 3.06. The van der Waals surface area contributed by atoms with E-state index in [1.807, 2.05) is 60.7 Å². The molecule has 0 aliphatic carbocycles. The van der Waals surface area contributed by atoms with E-state index in [9.17, 15) is 0 Å². The molecule has 0 radical (unpaired) electrons. The molecule has 0 spiro atoms. The minimum absolute atomic E-state index is 0.579. The zero-order valence-corrected chi connectivity index (χ0v) is 12.4. The van der Waals surface area contributed by atoms with Gasteiger partial charge in [-0.25, -0.2) is 4.99 Å². The van der Waals surface area contributed by atoms with E-state index in [1.165, 1.54) is 0 Å². The van der Waals surface area contributed by atoms with Gasteiger partial charge in [-0.05, 0) is 42.5 Å². The molecule has 0 fully saturated rings. The van der Waals surface area contributed by atoms with Crippen molar-refractivity contribution in [2.45, 2.75) is 0 Å². The van der Waals surface area contributed by atoms with Gasteiger partial charge in [-0.3, -0.25) is 0 Å². The normalized spacial score (nSPS) is 15.3. The van der Waals surface area contributed by atoms with E-state index in [0.717, 1.165) is 34.3 Å². The molecule has 0 saturated heterocycles. The van der Waals surface area contributed by atoms with Gasteiger partial charge in [0.15, 0.2) is 0 Å². The standard InChI is InChI=1S/C18H16N4O/c19-13-6-8-15(9-7-13)22-12-20-18-16(10-11-23-18)17(22)21-14-4-2-1-3-5-14/h1-11,20H,12,19H2. The summed E-state index contributed by atoms with van der Waals surface area (Å²) in [4.78, 5) is 6.92. The van der Waals surface area contributed by atoms with E-state index in [2.05, 4.69) is 10.2 Å². The van der Waals surface area contributed by atoms with Crippen molar-refractivity contribution in [1.82, 2.24) is 0 Å². The number of nitrogen functional groups attached to an aromatic ring is 1. The van der Waals surface area contributed by atoms with Gasteiger partial charge in [0.25, 0.3) is 0 Å². The smallest absolute Gasteiger partial charge is 0.205 e. The van der Waals surface area contributed by atoms with E-state index in [1.54, 1.807) is 6.26 Å². The number of nitrogens with two attached hydrogens (primary N) is 1. The summed E-state index contributed by atoms with van der Waals surface area (Å²) in [5.41, 5.74) is 9.40. The molecule has 0 atom stereocenters. The van der Waals surface area contributed by atoms with E-state index < -0.39 is 0 Å². The Hall–Kier alpha value is -3.21. The van der Waals surface area contributed by atoms with Crippen LogP contribution in [0, 0.1) is 0 Å². The van der Waals surface area contributed by atoms with Crippen LogP contribution in [-0.2, 0) is 0 Å². The largest absolute Gasteiger partial charge is 0.448 e. The topological polar surface area (TPSA) is 66.8 Å². The van der Waals surface area contributed by atoms with E-state index in [-0.39, 0.29) is 0 Å². The summed E-state index contributed by atoms with van der Waals surface area (Å²) in [6, 6.07) is 19.6. The molecule has 4 rings (SSSR count). The van der Waals surface area contributed by atoms with Crippen LogP contribution >= 0.6 is 0 Å². The summed E-state index contributed by atoms with van der Waals surface area (Å²) in [6.45, 7) is 0.579. The van der Waals surface area contributed by atoms with E-state index in [0.29, 0.717) is 6.67 Å². The maximum absolute atomic E-state index is 5.80. The molecular formula is C18H16N4O. The predicted molar refractivity (Wildman–Crippen MR) is 93.2 cm³/mol. The number of fused-ring (bicyclic) bond motifs is 1. The Bertz CT molecular complexity index is 837. The SMILES string of the molecule is Nc1ccc(N2CNc3occc3C2=Nc2ccccc2)cc1. The number of nitrogens with one attached hydrogen (secondary N) is 1. The van der Waals surface area contributed by atoms with Crippen LogP contribution in [0.1, 0.15) is 5.56 Å². The Balaban J connectivity index is 1.82. The van der Waals surface area contributed by atoms with Gasteiger partial charge in [-0.15, -0.1) is 0 Å². The zero-order chi connectivity index (χ0) is 15.6. The van der Waals surface area contributed by atoms with Crippen molar-refractivity contribution in [2.75, 3.05) is 22.6 Å². The molecule has 1 aromatic heterocycles. The van der Waals surface area contributed by atoms with Crippen molar-refractivity contribution in [2.24, 2.45) is 4.99 Å². The Labute approximate surface area is 134 Å². The van der Waals surface area contributed by atoms with Gasteiger partial charge >= 0.3 is 0 Å². The lowest BCUT2D eigenvalue weighted by molar-refractivity contribution is 0.577. The number of benzene rings is 2. The van der Waals surface area contributed by atoms with Gasteiger partial charge in [0.2, 0.25) is 5.88 Å². The van der Waals surface area contributed by atoms with Crippen LogP contribution in [0.5, 0.6) is 0 Å². The summed E-state index contributed by atoms with van der Waals surface area (Å²) >= 11 is 0. The molecule has 0 saturated carbocycles. The average molecular weight is 304 g/mol. The number of furan rings is 1. The van der Waals surface area contributed by atoms with Crippen LogP contribution in [0.4, 0.5) is 22.9 Å². The van der Waals surface area contributed by atoms with Crippen LogP contribution in [0.25, 0.3) is 0 Å². The number of hydrogen-bond donors (Lipinski definition) is 2. The van der Waals surface area contributed by atoms with Crippen molar-refractivity contribution in [1.29, 1.82) is 0 Å². The minimum atomic E-state index is 0.579. The molecule has 23 heavy (non-hydrogen) atoms. The fraction of sp³-hybridized carbons (Fsp3) is 0.0556. The molecule has 0 unspecified atom stereocenters. The first-order valence-corrected chi connectivity index (χ1v) is 7.40. The quantitative estimate of drug-likeness (QED) is 0.706. The molecule has 5 nitrogen and oxygen atoms in total. The molecule has 2 aromatic carbocycles. The fourth-order valence-electron chi connectivity index (χ4n) is 2.61. The predicted octanol–water partition coefficient (Wildman–Crippen LogP) is 3.83. The summed E-state index contributed by atoms with van der Waals surface area (Å²) in [5.74, 6) is 1.59. The third-order valence-electron chi connectivity index (χ3n) is 3.76. The number of nitrogens with zero attached hydrogens (tertiary/aromatic N) is 2. The Kier molecular flexibility index (Phi) is 3.24. The third kappa shape index (κ3) is 2.53. The first kappa shape index (κ1) is 13.5. The van der Waals surface area contributed by atoms with Gasteiger partial charge in [0.05, 0.1) is 24.2 Å². The van der Waals surface area contributed by atoms with Crippen molar-refractivity contribution in [3.8, 4) is 0 Å².